The first-order valence-corrected chi connectivity index (χ1v) is 8.62. The highest BCUT2D eigenvalue weighted by molar-refractivity contribution is 5.83. The number of fused-ring (bicyclic) bond motifs is 1. The summed E-state index contributed by atoms with van der Waals surface area (Å²) in [5, 5.41) is 17.7. The van der Waals surface area contributed by atoms with Crippen molar-refractivity contribution in [3.8, 4) is 5.75 Å². The summed E-state index contributed by atoms with van der Waals surface area (Å²) in [7, 11) is 1.61. The summed E-state index contributed by atoms with van der Waals surface area (Å²) in [6.07, 6.45) is 0.0312. The van der Waals surface area contributed by atoms with Crippen LogP contribution in [0.5, 0.6) is 5.75 Å². The maximum atomic E-state index is 12.8. The molecular weight excluding hydrogens is 346 g/mol. The molecular formula is C20H21N3O4. The summed E-state index contributed by atoms with van der Waals surface area (Å²) in [4.78, 5) is 23.5. The van der Waals surface area contributed by atoms with Gasteiger partial charge in [0.1, 0.15) is 5.75 Å². The van der Waals surface area contributed by atoms with E-state index in [1.807, 2.05) is 42.5 Å². The van der Waals surface area contributed by atoms with Gasteiger partial charge in [-0.2, -0.15) is 5.10 Å². The van der Waals surface area contributed by atoms with Crippen molar-refractivity contribution in [3.63, 3.8) is 0 Å². The quantitative estimate of drug-likeness (QED) is 0.592. The third-order valence-corrected chi connectivity index (χ3v) is 4.24. The van der Waals surface area contributed by atoms with Crippen LogP contribution in [0.25, 0.3) is 10.8 Å². The molecule has 140 valence electrons. The SMILES string of the molecule is COc1ccc(Cn2nc(CNCCC(=O)O)c3ccccc3c2=O)cc1. The summed E-state index contributed by atoms with van der Waals surface area (Å²) in [6.45, 7) is 1.06. The molecule has 0 radical (unpaired) electrons. The number of benzene rings is 2. The van der Waals surface area contributed by atoms with E-state index in [-0.39, 0.29) is 12.0 Å². The van der Waals surface area contributed by atoms with Gasteiger partial charge in [-0.15, -0.1) is 0 Å². The van der Waals surface area contributed by atoms with Gasteiger partial charge < -0.3 is 15.2 Å². The fraction of sp³-hybridized carbons (Fsp3) is 0.250. The zero-order chi connectivity index (χ0) is 19.2. The number of aliphatic carboxylic acids is 1. The minimum absolute atomic E-state index is 0.0312. The van der Waals surface area contributed by atoms with E-state index in [0.29, 0.717) is 30.7 Å². The fourth-order valence-electron chi connectivity index (χ4n) is 2.85. The highest BCUT2D eigenvalue weighted by atomic mass is 16.5. The first kappa shape index (κ1) is 18.6. The summed E-state index contributed by atoms with van der Waals surface area (Å²) in [5.41, 5.74) is 1.49. The number of hydrogen-bond acceptors (Lipinski definition) is 5. The van der Waals surface area contributed by atoms with E-state index < -0.39 is 5.97 Å². The van der Waals surface area contributed by atoms with Gasteiger partial charge in [0.05, 0.1) is 31.2 Å². The summed E-state index contributed by atoms with van der Waals surface area (Å²) >= 11 is 0. The van der Waals surface area contributed by atoms with Crippen molar-refractivity contribution in [2.24, 2.45) is 0 Å². The number of methoxy groups -OCH3 is 1. The number of hydrogen-bond donors (Lipinski definition) is 2. The second kappa shape index (κ2) is 8.46. The number of rotatable bonds is 8. The van der Waals surface area contributed by atoms with Gasteiger partial charge >= 0.3 is 5.97 Å². The molecule has 0 amide bonds. The van der Waals surface area contributed by atoms with Crippen molar-refractivity contribution in [2.45, 2.75) is 19.5 Å². The van der Waals surface area contributed by atoms with Crippen molar-refractivity contribution in [3.05, 3.63) is 70.1 Å². The first-order valence-electron chi connectivity index (χ1n) is 8.62. The van der Waals surface area contributed by atoms with Crippen molar-refractivity contribution >= 4 is 16.7 Å². The lowest BCUT2D eigenvalue weighted by Gasteiger charge is -2.12. The van der Waals surface area contributed by atoms with Crippen molar-refractivity contribution in [1.29, 1.82) is 0 Å². The van der Waals surface area contributed by atoms with Gasteiger partial charge in [-0.05, 0) is 23.8 Å². The average Bonchev–Trinajstić information content (AvgIpc) is 2.69. The predicted molar refractivity (Wildman–Crippen MR) is 102 cm³/mol. The zero-order valence-electron chi connectivity index (χ0n) is 15.0. The molecule has 0 bridgehead atoms. The highest BCUT2D eigenvalue weighted by Crippen LogP contribution is 2.15. The zero-order valence-corrected chi connectivity index (χ0v) is 15.0. The van der Waals surface area contributed by atoms with Crippen LogP contribution in [0, 0.1) is 0 Å². The lowest BCUT2D eigenvalue weighted by atomic mass is 10.1. The molecule has 2 aromatic carbocycles. The standard InChI is InChI=1S/C20H21N3O4/c1-27-15-8-6-14(7-9-15)13-23-20(26)17-5-3-2-4-16(17)18(22-23)12-21-11-10-19(24)25/h2-9,21H,10-13H2,1H3,(H,24,25). The number of carboxylic acid groups (broad SMARTS) is 1. The second-order valence-corrected chi connectivity index (χ2v) is 6.12. The number of aromatic nitrogens is 2. The first-order chi connectivity index (χ1) is 13.1. The minimum atomic E-state index is -0.857. The number of carbonyl (C=O) groups is 1. The summed E-state index contributed by atoms with van der Waals surface area (Å²) in [6, 6.07) is 14.8. The van der Waals surface area contributed by atoms with Gasteiger partial charge in [0.15, 0.2) is 0 Å². The molecule has 0 aliphatic carbocycles. The lowest BCUT2D eigenvalue weighted by molar-refractivity contribution is -0.136. The van der Waals surface area contributed by atoms with Crippen molar-refractivity contribution in [1.82, 2.24) is 15.1 Å². The summed E-state index contributed by atoms with van der Waals surface area (Å²) < 4.78 is 6.60. The molecule has 0 atom stereocenters. The minimum Gasteiger partial charge on any atom is -0.497 e. The Hall–Kier alpha value is -3.19. The van der Waals surface area contributed by atoms with Gasteiger partial charge in [-0.1, -0.05) is 30.3 Å². The van der Waals surface area contributed by atoms with E-state index in [0.717, 1.165) is 16.7 Å². The van der Waals surface area contributed by atoms with Crippen LogP contribution in [0.3, 0.4) is 0 Å². The molecule has 0 fully saturated rings. The number of carboxylic acids is 1. The smallest absolute Gasteiger partial charge is 0.304 e. The van der Waals surface area contributed by atoms with Crippen LogP contribution in [-0.2, 0) is 17.9 Å². The number of nitrogens with one attached hydrogen (secondary N) is 1. The van der Waals surface area contributed by atoms with E-state index in [1.165, 1.54) is 4.68 Å². The third kappa shape index (κ3) is 4.51. The Morgan fingerprint density at radius 3 is 2.52 bits per heavy atom. The van der Waals surface area contributed by atoms with E-state index in [4.69, 9.17) is 9.84 Å². The van der Waals surface area contributed by atoms with Gasteiger partial charge in [0, 0.05) is 18.5 Å². The molecule has 7 nitrogen and oxygen atoms in total. The Balaban J connectivity index is 1.90. The normalized spacial score (nSPS) is 10.9. The largest absolute Gasteiger partial charge is 0.497 e. The molecule has 1 aromatic heterocycles. The van der Waals surface area contributed by atoms with E-state index in [2.05, 4.69) is 10.4 Å². The molecule has 0 unspecified atom stereocenters. The van der Waals surface area contributed by atoms with Crippen LogP contribution in [-0.4, -0.2) is 34.5 Å². The van der Waals surface area contributed by atoms with Gasteiger partial charge in [0.25, 0.3) is 5.56 Å². The van der Waals surface area contributed by atoms with Crippen LogP contribution in [0.2, 0.25) is 0 Å². The molecule has 0 saturated carbocycles. The Morgan fingerprint density at radius 2 is 1.85 bits per heavy atom. The van der Waals surface area contributed by atoms with Crippen molar-refractivity contribution < 1.29 is 14.6 Å². The molecule has 0 spiro atoms. The van der Waals surface area contributed by atoms with E-state index in [1.54, 1.807) is 13.2 Å². The number of nitrogens with zero attached hydrogens (tertiary/aromatic N) is 2. The third-order valence-electron chi connectivity index (χ3n) is 4.24. The van der Waals surface area contributed by atoms with Crippen molar-refractivity contribution in [2.75, 3.05) is 13.7 Å². The molecule has 2 N–H and O–H groups in total. The van der Waals surface area contributed by atoms with Crippen LogP contribution < -0.4 is 15.6 Å². The molecule has 0 aliphatic rings. The molecule has 7 heteroatoms. The molecule has 0 saturated heterocycles. The maximum Gasteiger partial charge on any atom is 0.304 e. The monoisotopic (exact) mass is 367 g/mol. The molecule has 3 aromatic rings. The maximum absolute atomic E-state index is 12.8. The molecule has 0 aliphatic heterocycles. The molecule has 1 heterocycles. The van der Waals surface area contributed by atoms with Crippen LogP contribution in [0.4, 0.5) is 0 Å². The van der Waals surface area contributed by atoms with Gasteiger partial charge in [0.2, 0.25) is 0 Å². The molecule has 3 rings (SSSR count). The fourth-order valence-corrected chi connectivity index (χ4v) is 2.85. The Morgan fingerprint density at radius 1 is 1.15 bits per heavy atom. The second-order valence-electron chi connectivity index (χ2n) is 6.12. The Bertz CT molecular complexity index is 996. The van der Waals surface area contributed by atoms with Gasteiger partial charge in [-0.25, -0.2) is 4.68 Å². The van der Waals surface area contributed by atoms with E-state index >= 15 is 0 Å². The predicted octanol–water partition coefficient (Wildman–Crippen LogP) is 2.02. The molecule has 27 heavy (non-hydrogen) atoms. The van der Waals surface area contributed by atoms with Gasteiger partial charge in [-0.3, -0.25) is 9.59 Å². The lowest BCUT2D eigenvalue weighted by Crippen LogP contribution is -2.27. The number of ether oxygens (including phenoxy) is 1. The van der Waals surface area contributed by atoms with Crippen LogP contribution >= 0.6 is 0 Å². The highest BCUT2D eigenvalue weighted by Gasteiger charge is 2.11. The van der Waals surface area contributed by atoms with Crippen LogP contribution in [0.15, 0.2) is 53.3 Å². The Labute approximate surface area is 156 Å². The summed E-state index contributed by atoms with van der Waals surface area (Å²) in [5.74, 6) is -0.106. The topological polar surface area (TPSA) is 93.4 Å². The van der Waals surface area contributed by atoms with E-state index in [9.17, 15) is 9.59 Å². The van der Waals surface area contributed by atoms with Crippen LogP contribution in [0.1, 0.15) is 17.7 Å². The Kier molecular flexibility index (Phi) is 5.83. The average molecular weight is 367 g/mol.